The fourth-order valence-electron chi connectivity index (χ4n) is 0.222. The Bertz CT molecular complexity index is 107. The van der Waals surface area contributed by atoms with Crippen molar-refractivity contribution in [2.24, 2.45) is 0 Å². The standard InChI is InChI=1S/C5H8O2S/c1-4(8)2-3-5(6)7/h2-4,8H,1H3,(H,6,7)/b3-2+. The quantitative estimate of drug-likeness (QED) is 0.433. The molecule has 0 heterocycles. The van der Waals surface area contributed by atoms with Crippen LogP contribution < -0.4 is 0 Å². The van der Waals surface area contributed by atoms with Gasteiger partial charge in [-0.3, -0.25) is 0 Å². The minimum atomic E-state index is -0.925. The number of carboxylic acid groups (broad SMARTS) is 1. The van der Waals surface area contributed by atoms with Gasteiger partial charge in [0.2, 0.25) is 0 Å². The molecule has 1 N–H and O–H groups in total. The van der Waals surface area contributed by atoms with Crippen LogP contribution in [0.15, 0.2) is 12.2 Å². The number of thiol groups is 1. The van der Waals surface area contributed by atoms with E-state index in [-0.39, 0.29) is 5.25 Å². The Hall–Kier alpha value is -0.440. The fourth-order valence-corrected chi connectivity index (χ4v) is 0.308. The van der Waals surface area contributed by atoms with Crippen molar-refractivity contribution in [1.82, 2.24) is 0 Å². The summed E-state index contributed by atoms with van der Waals surface area (Å²) in [5.74, 6) is -0.925. The number of aliphatic carboxylic acids is 1. The normalized spacial score (nSPS) is 14.2. The topological polar surface area (TPSA) is 37.3 Å². The molecule has 2 nitrogen and oxygen atoms in total. The summed E-state index contributed by atoms with van der Waals surface area (Å²) in [6.45, 7) is 1.79. The molecular formula is C5H8O2S. The van der Waals surface area contributed by atoms with Gasteiger partial charge in [0, 0.05) is 11.3 Å². The molecule has 0 rings (SSSR count). The van der Waals surface area contributed by atoms with Crippen LogP contribution in [0.2, 0.25) is 0 Å². The third kappa shape index (κ3) is 5.56. The van der Waals surface area contributed by atoms with Crippen LogP contribution in [0.1, 0.15) is 6.92 Å². The molecule has 1 unspecified atom stereocenters. The van der Waals surface area contributed by atoms with Gasteiger partial charge in [-0.25, -0.2) is 4.79 Å². The first-order valence-electron chi connectivity index (χ1n) is 2.22. The van der Waals surface area contributed by atoms with Crippen molar-refractivity contribution < 1.29 is 9.90 Å². The first-order valence-corrected chi connectivity index (χ1v) is 2.74. The van der Waals surface area contributed by atoms with Gasteiger partial charge in [-0.2, -0.15) is 12.6 Å². The average Bonchev–Trinajstić information content (AvgIpc) is 1.61. The van der Waals surface area contributed by atoms with E-state index >= 15 is 0 Å². The van der Waals surface area contributed by atoms with E-state index < -0.39 is 5.97 Å². The average molecular weight is 132 g/mol. The highest BCUT2D eigenvalue weighted by Crippen LogP contribution is 1.92. The molecule has 0 aromatic rings. The Morgan fingerprint density at radius 3 is 2.50 bits per heavy atom. The number of hydrogen-bond donors (Lipinski definition) is 2. The van der Waals surface area contributed by atoms with Gasteiger partial charge in [-0.15, -0.1) is 0 Å². The van der Waals surface area contributed by atoms with Gasteiger partial charge >= 0.3 is 5.97 Å². The third-order valence-corrected chi connectivity index (χ3v) is 0.689. The summed E-state index contributed by atoms with van der Waals surface area (Å²) < 4.78 is 0. The lowest BCUT2D eigenvalue weighted by atomic mass is 10.4. The maximum absolute atomic E-state index is 9.78. The Balaban J connectivity index is 3.50. The van der Waals surface area contributed by atoms with E-state index in [0.29, 0.717) is 0 Å². The summed E-state index contributed by atoms with van der Waals surface area (Å²) in [4.78, 5) is 9.78. The lowest BCUT2D eigenvalue weighted by molar-refractivity contribution is -0.131. The van der Waals surface area contributed by atoms with Crippen LogP contribution in [0.25, 0.3) is 0 Å². The smallest absolute Gasteiger partial charge is 0.328 e. The molecule has 0 radical (unpaired) electrons. The molecule has 8 heavy (non-hydrogen) atoms. The summed E-state index contributed by atoms with van der Waals surface area (Å²) in [6.07, 6.45) is 2.59. The molecule has 0 bridgehead atoms. The largest absolute Gasteiger partial charge is 0.478 e. The molecule has 0 fully saturated rings. The van der Waals surface area contributed by atoms with Crippen LogP contribution in [-0.4, -0.2) is 16.3 Å². The van der Waals surface area contributed by atoms with Crippen LogP contribution in [0.3, 0.4) is 0 Å². The number of carbonyl (C=O) groups is 1. The van der Waals surface area contributed by atoms with Crippen molar-refractivity contribution in [1.29, 1.82) is 0 Å². The van der Waals surface area contributed by atoms with Crippen molar-refractivity contribution in [2.75, 3.05) is 0 Å². The Kier molecular flexibility index (Phi) is 3.35. The zero-order valence-electron chi connectivity index (χ0n) is 4.53. The highest BCUT2D eigenvalue weighted by atomic mass is 32.1. The highest BCUT2D eigenvalue weighted by Gasteiger charge is 1.87. The van der Waals surface area contributed by atoms with E-state index in [1.807, 2.05) is 0 Å². The van der Waals surface area contributed by atoms with Gasteiger partial charge in [-0.1, -0.05) is 6.08 Å². The van der Waals surface area contributed by atoms with Crippen molar-refractivity contribution in [2.45, 2.75) is 12.2 Å². The molecule has 0 amide bonds. The molecule has 0 saturated carbocycles. The summed E-state index contributed by atoms with van der Waals surface area (Å²) in [5, 5.41) is 8.06. The molecule has 46 valence electrons. The van der Waals surface area contributed by atoms with Crippen LogP contribution in [0, 0.1) is 0 Å². The summed E-state index contributed by atoms with van der Waals surface area (Å²) in [6, 6.07) is 0. The van der Waals surface area contributed by atoms with Crippen molar-refractivity contribution in [3.05, 3.63) is 12.2 Å². The molecule has 0 aliphatic heterocycles. The minimum Gasteiger partial charge on any atom is -0.478 e. The van der Waals surface area contributed by atoms with Gasteiger partial charge in [0.25, 0.3) is 0 Å². The van der Waals surface area contributed by atoms with Gasteiger partial charge < -0.3 is 5.11 Å². The Labute approximate surface area is 53.6 Å². The predicted molar refractivity (Wildman–Crippen MR) is 35.2 cm³/mol. The summed E-state index contributed by atoms with van der Waals surface area (Å²) in [5.41, 5.74) is 0. The Morgan fingerprint density at radius 2 is 2.38 bits per heavy atom. The lowest BCUT2D eigenvalue weighted by Gasteiger charge is -1.87. The fraction of sp³-hybridized carbons (Fsp3) is 0.400. The number of carboxylic acids is 1. The second kappa shape index (κ2) is 3.55. The van der Waals surface area contributed by atoms with Gasteiger partial charge in [0.15, 0.2) is 0 Å². The van der Waals surface area contributed by atoms with Crippen LogP contribution in [0.4, 0.5) is 0 Å². The van der Waals surface area contributed by atoms with E-state index in [1.54, 1.807) is 6.92 Å². The molecule has 0 spiro atoms. The van der Waals surface area contributed by atoms with Crippen LogP contribution in [-0.2, 0) is 4.79 Å². The maximum Gasteiger partial charge on any atom is 0.328 e. The van der Waals surface area contributed by atoms with Crippen molar-refractivity contribution in [3.8, 4) is 0 Å². The number of rotatable bonds is 2. The summed E-state index contributed by atoms with van der Waals surface area (Å²) >= 11 is 3.92. The molecule has 1 atom stereocenters. The molecular weight excluding hydrogens is 124 g/mol. The molecule has 0 saturated heterocycles. The lowest BCUT2D eigenvalue weighted by Crippen LogP contribution is -1.89. The van der Waals surface area contributed by atoms with E-state index in [1.165, 1.54) is 6.08 Å². The van der Waals surface area contributed by atoms with Gasteiger partial charge in [-0.05, 0) is 6.92 Å². The SMILES string of the molecule is CC(S)/C=C/C(=O)O. The predicted octanol–water partition coefficient (Wildman–Crippen LogP) is 0.946. The second-order valence-corrected chi connectivity index (χ2v) is 2.25. The molecule has 0 aromatic carbocycles. The first kappa shape index (κ1) is 7.56. The van der Waals surface area contributed by atoms with Crippen LogP contribution in [0.5, 0.6) is 0 Å². The van der Waals surface area contributed by atoms with E-state index in [9.17, 15) is 4.79 Å². The second-order valence-electron chi connectivity index (χ2n) is 1.44. The molecule has 0 aliphatic rings. The third-order valence-electron chi connectivity index (χ3n) is 0.517. The first-order chi connectivity index (χ1) is 3.63. The summed E-state index contributed by atoms with van der Waals surface area (Å²) in [7, 11) is 0. The van der Waals surface area contributed by atoms with Gasteiger partial charge in [0.1, 0.15) is 0 Å². The number of hydrogen-bond acceptors (Lipinski definition) is 2. The molecule has 0 aromatic heterocycles. The van der Waals surface area contributed by atoms with Crippen LogP contribution >= 0.6 is 12.6 Å². The van der Waals surface area contributed by atoms with Crippen molar-refractivity contribution in [3.63, 3.8) is 0 Å². The van der Waals surface area contributed by atoms with Gasteiger partial charge in [0.05, 0.1) is 0 Å². The zero-order valence-corrected chi connectivity index (χ0v) is 5.43. The monoisotopic (exact) mass is 132 g/mol. The van der Waals surface area contributed by atoms with E-state index in [4.69, 9.17) is 5.11 Å². The maximum atomic E-state index is 9.78. The zero-order chi connectivity index (χ0) is 6.57. The molecule has 3 heteroatoms. The Morgan fingerprint density at radius 1 is 1.88 bits per heavy atom. The minimum absolute atomic E-state index is 0.0195. The highest BCUT2D eigenvalue weighted by molar-refractivity contribution is 7.81. The molecule has 0 aliphatic carbocycles. The van der Waals surface area contributed by atoms with E-state index in [2.05, 4.69) is 12.6 Å². The van der Waals surface area contributed by atoms with Crippen molar-refractivity contribution >= 4 is 18.6 Å². The van der Waals surface area contributed by atoms with E-state index in [0.717, 1.165) is 6.08 Å².